The zero-order chi connectivity index (χ0) is 18.9. The number of sulfonamides is 1. The monoisotopic (exact) mass is 410 g/mol. The van der Waals surface area contributed by atoms with E-state index in [0.717, 1.165) is 16.3 Å². The first-order valence-electron chi connectivity index (χ1n) is 7.41. The van der Waals surface area contributed by atoms with Gasteiger partial charge in [0.05, 0.1) is 28.6 Å². The number of fused-ring (bicyclic) bond motifs is 1. The molecule has 1 aromatic heterocycles. The Morgan fingerprint density at radius 2 is 1.88 bits per heavy atom. The second-order valence-electron chi connectivity index (χ2n) is 5.55. The van der Waals surface area contributed by atoms with Gasteiger partial charge < -0.3 is 10.1 Å². The fourth-order valence-corrected chi connectivity index (χ4v) is 4.26. The van der Waals surface area contributed by atoms with E-state index in [1.165, 1.54) is 23.5 Å². The zero-order valence-electron chi connectivity index (χ0n) is 13.9. The van der Waals surface area contributed by atoms with E-state index in [1.54, 1.807) is 19.2 Å². The number of rotatable bonds is 5. The highest BCUT2D eigenvalue weighted by molar-refractivity contribution is 7.92. The molecule has 26 heavy (non-hydrogen) atoms. The number of amides is 1. The van der Waals surface area contributed by atoms with Crippen molar-refractivity contribution in [1.82, 2.24) is 0 Å². The number of methoxy groups -OCH3 is 1. The maximum absolute atomic E-state index is 12.6. The fourth-order valence-electron chi connectivity index (χ4n) is 2.44. The number of carbonyl (C=O) groups is 1. The molecule has 3 aromatic rings. The van der Waals surface area contributed by atoms with E-state index in [9.17, 15) is 13.2 Å². The van der Waals surface area contributed by atoms with Crippen molar-refractivity contribution in [2.75, 3.05) is 23.4 Å². The van der Waals surface area contributed by atoms with Gasteiger partial charge in [0.2, 0.25) is 10.0 Å². The van der Waals surface area contributed by atoms with Gasteiger partial charge in [-0.3, -0.25) is 9.52 Å². The number of carbonyl (C=O) groups excluding carboxylic acids is 1. The molecule has 0 unspecified atom stereocenters. The molecular formula is C17H15ClN2O4S2. The number of halogens is 1. The van der Waals surface area contributed by atoms with E-state index in [2.05, 4.69) is 10.0 Å². The fraction of sp³-hybridized carbons (Fsp3) is 0.118. The maximum Gasteiger partial charge on any atom is 0.265 e. The van der Waals surface area contributed by atoms with Gasteiger partial charge in [-0.25, -0.2) is 8.42 Å². The Labute approximate surface area is 159 Å². The molecule has 0 bridgehead atoms. The van der Waals surface area contributed by atoms with E-state index in [-0.39, 0.29) is 11.6 Å². The van der Waals surface area contributed by atoms with Gasteiger partial charge in [0.1, 0.15) is 5.75 Å². The number of ether oxygens (including phenoxy) is 1. The molecule has 2 aromatic carbocycles. The molecule has 1 amide bonds. The standard InChI is InChI=1S/C17H15ClN2O4S2/c1-24-14-5-3-4-10-6-15(25-16(10)14)17(21)19-12-7-11(18)8-13(9-12)20-26(2,22)23/h3-9,20H,1-2H3,(H,19,21). The second kappa shape index (κ2) is 7.14. The Morgan fingerprint density at radius 1 is 1.15 bits per heavy atom. The molecule has 0 aliphatic carbocycles. The van der Waals surface area contributed by atoms with E-state index >= 15 is 0 Å². The quantitative estimate of drug-likeness (QED) is 0.660. The summed E-state index contributed by atoms with van der Waals surface area (Å²) in [5.41, 5.74) is 0.659. The van der Waals surface area contributed by atoms with Crippen LogP contribution in [0, 0.1) is 0 Å². The Hall–Kier alpha value is -2.29. The predicted octanol–water partition coefficient (Wildman–Crippen LogP) is 4.19. The molecule has 136 valence electrons. The van der Waals surface area contributed by atoms with Crippen LogP contribution >= 0.6 is 22.9 Å². The molecule has 0 aliphatic rings. The summed E-state index contributed by atoms with van der Waals surface area (Å²) < 4.78 is 31.3. The third-order valence-corrected chi connectivity index (χ3v) is 5.40. The van der Waals surface area contributed by atoms with Crippen LogP contribution in [0.1, 0.15) is 9.67 Å². The Bertz CT molecular complexity index is 1090. The first-order chi connectivity index (χ1) is 12.2. The molecule has 0 atom stereocenters. The summed E-state index contributed by atoms with van der Waals surface area (Å²) in [6.45, 7) is 0. The molecule has 2 N–H and O–H groups in total. The molecule has 0 saturated heterocycles. The average molecular weight is 411 g/mol. The topological polar surface area (TPSA) is 84.5 Å². The van der Waals surface area contributed by atoms with Gasteiger partial charge in [-0.2, -0.15) is 0 Å². The van der Waals surface area contributed by atoms with Crippen molar-refractivity contribution in [3.8, 4) is 5.75 Å². The van der Waals surface area contributed by atoms with Gasteiger partial charge in [0, 0.05) is 10.7 Å². The third kappa shape index (κ3) is 4.27. The van der Waals surface area contributed by atoms with Crippen LogP contribution in [0.25, 0.3) is 10.1 Å². The lowest BCUT2D eigenvalue weighted by Crippen LogP contribution is -2.12. The summed E-state index contributed by atoms with van der Waals surface area (Å²) in [5.74, 6) is 0.384. The lowest BCUT2D eigenvalue weighted by Gasteiger charge is -2.09. The Balaban J connectivity index is 1.88. The van der Waals surface area contributed by atoms with Gasteiger partial charge in [-0.1, -0.05) is 23.7 Å². The zero-order valence-corrected chi connectivity index (χ0v) is 16.3. The molecule has 6 nitrogen and oxygen atoms in total. The molecule has 0 saturated carbocycles. The largest absolute Gasteiger partial charge is 0.495 e. The summed E-state index contributed by atoms with van der Waals surface area (Å²) in [4.78, 5) is 13.1. The van der Waals surface area contributed by atoms with Crippen molar-refractivity contribution in [2.45, 2.75) is 0 Å². The van der Waals surface area contributed by atoms with E-state index in [0.29, 0.717) is 21.3 Å². The van der Waals surface area contributed by atoms with Gasteiger partial charge in [-0.15, -0.1) is 11.3 Å². The van der Waals surface area contributed by atoms with Gasteiger partial charge >= 0.3 is 0 Å². The van der Waals surface area contributed by atoms with Crippen LogP contribution in [0.3, 0.4) is 0 Å². The number of anilines is 2. The molecule has 0 radical (unpaired) electrons. The number of thiophene rings is 1. The minimum Gasteiger partial charge on any atom is -0.495 e. The van der Waals surface area contributed by atoms with E-state index in [1.807, 2.05) is 18.2 Å². The lowest BCUT2D eigenvalue weighted by atomic mass is 10.2. The highest BCUT2D eigenvalue weighted by Gasteiger charge is 2.14. The summed E-state index contributed by atoms with van der Waals surface area (Å²) in [6, 6.07) is 11.9. The molecule has 1 heterocycles. The summed E-state index contributed by atoms with van der Waals surface area (Å²) >= 11 is 7.32. The minimum absolute atomic E-state index is 0.272. The predicted molar refractivity (Wildman–Crippen MR) is 106 cm³/mol. The summed E-state index contributed by atoms with van der Waals surface area (Å²) in [7, 11) is -1.87. The maximum atomic E-state index is 12.6. The van der Waals surface area contributed by atoms with Crippen LogP contribution in [0.15, 0.2) is 42.5 Å². The van der Waals surface area contributed by atoms with Crippen LogP contribution in [-0.4, -0.2) is 27.7 Å². The summed E-state index contributed by atoms with van der Waals surface area (Å²) in [5, 5.41) is 3.94. The Morgan fingerprint density at radius 3 is 2.58 bits per heavy atom. The molecular weight excluding hydrogens is 396 g/mol. The number of benzene rings is 2. The first-order valence-corrected chi connectivity index (χ1v) is 10.5. The van der Waals surface area contributed by atoms with Crippen LogP contribution in [-0.2, 0) is 10.0 Å². The third-order valence-electron chi connectivity index (χ3n) is 3.41. The van der Waals surface area contributed by atoms with E-state index in [4.69, 9.17) is 16.3 Å². The summed E-state index contributed by atoms with van der Waals surface area (Å²) in [6.07, 6.45) is 1.04. The Kier molecular flexibility index (Phi) is 5.08. The van der Waals surface area contributed by atoms with Crippen LogP contribution in [0.2, 0.25) is 5.02 Å². The normalized spacial score (nSPS) is 11.3. The minimum atomic E-state index is -3.45. The van der Waals surface area contributed by atoms with Gasteiger partial charge in [-0.05, 0) is 35.7 Å². The highest BCUT2D eigenvalue weighted by Crippen LogP contribution is 2.34. The van der Waals surface area contributed by atoms with Crippen molar-refractivity contribution >= 4 is 60.3 Å². The van der Waals surface area contributed by atoms with E-state index < -0.39 is 10.0 Å². The van der Waals surface area contributed by atoms with Crippen molar-refractivity contribution in [3.63, 3.8) is 0 Å². The molecule has 3 rings (SSSR count). The number of hydrogen-bond acceptors (Lipinski definition) is 5. The first kappa shape index (κ1) is 18.5. The highest BCUT2D eigenvalue weighted by atomic mass is 35.5. The van der Waals surface area contributed by atoms with Crippen LogP contribution < -0.4 is 14.8 Å². The van der Waals surface area contributed by atoms with Crippen molar-refractivity contribution < 1.29 is 17.9 Å². The molecule has 9 heteroatoms. The van der Waals surface area contributed by atoms with Crippen molar-refractivity contribution in [3.05, 3.63) is 52.4 Å². The lowest BCUT2D eigenvalue weighted by molar-refractivity contribution is 0.103. The average Bonchev–Trinajstić information content (AvgIpc) is 2.96. The van der Waals surface area contributed by atoms with Gasteiger partial charge in [0.25, 0.3) is 5.91 Å². The smallest absolute Gasteiger partial charge is 0.265 e. The second-order valence-corrected chi connectivity index (χ2v) is 8.78. The van der Waals surface area contributed by atoms with Crippen molar-refractivity contribution in [2.24, 2.45) is 0 Å². The van der Waals surface area contributed by atoms with Gasteiger partial charge in [0.15, 0.2) is 0 Å². The van der Waals surface area contributed by atoms with Crippen molar-refractivity contribution in [1.29, 1.82) is 0 Å². The number of nitrogens with one attached hydrogen (secondary N) is 2. The molecule has 0 fully saturated rings. The SMILES string of the molecule is COc1cccc2cc(C(=O)Nc3cc(Cl)cc(NS(C)(=O)=O)c3)sc12. The van der Waals surface area contributed by atoms with Crippen LogP contribution in [0.4, 0.5) is 11.4 Å². The van der Waals surface area contributed by atoms with Crippen LogP contribution in [0.5, 0.6) is 5.75 Å². The molecule has 0 aliphatic heterocycles. The number of hydrogen-bond donors (Lipinski definition) is 2. The molecule has 0 spiro atoms.